The summed E-state index contributed by atoms with van der Waals surface area (Å²) in [5, 5.41) is 1.19. The molecule has 0 bridgehead atoms. The second-order valence-electron chi connectivity index (χ2n) is 4.65. The Morgan fingerprint density at radius 2 is 2.00 bits per heavy atom. The van der Waals surface area contributed by atoms with Crippen LogP contribution in [0.15, 0.2) is 35.5 Å². The van der Waals surface area contributed by atoms with E-state index in [0.29, 0.717) is 5.92 Å². The van der Waals surface area contributed by atoms with Crippen molar-refractivity contribution in [2.45, 2.75) is 31.5 Å². The smallest absolute Gasteiger partial charge is 0.168 e. The van der Waals surface area contributed by atoms with Gasteiger partial charge < -0.3 is 4.57 Å². The van der Waals surface area contributed by atoms with Crippen LogP contribution in [-0.4, -0.2) is 15.3 Å². The second kappa shape index (κ2) is 4.22. The maximum absolute atomic E-state index is 4.81. The summed E-state index contributed by atoms with van der Waals surface area (Å²) in [6.07, 6.45) is 0. The molecule has 17 heavy (non-hydrogen) atoms. The van der Waals surface area contributed by atoms with Gasteiger partial charge in [0.1, 0.15) is 0 Å². The van der Waals surface area contributed by atoms with Gasteiger partial charge in [0.05, 0.1) is 5.69 Å². The predicted molar refractivity (Wildman–Crippen MR) is 72.5 cm³/mol. The number of nitrogens with zero attached hydrogens (tertiary/aromatic N) is 2. The third-order valence-electron chi connectivity index (χ3n) is 3.11. The minimum absolute atomic E-state index is 0.519. The van der Waals surface area contributed by atoms with Crippen molar-refractivity contribution in [1.82, 2.24) is 9.55 Å². The highest BCUT2D eigenvalue weighted by atomic mass is 32.2. The van der Waals surface area contributed by atoms with Gasteiger partial charge in [0, 0.05) is 23.6 Å². The number of hydrogen-bond acceptors (Lipinski definition) is 2. The fourth-order valence-corrected chi connectivity index (χ4v) is 3.35. The number of hydrogen-bond donors (Lipinski definition) is 0. The lowest BCUT2D eigenvalue weighted by Gasteiger charge is -2.10. The van der Waals surface area contributed by atoms with Crippen LogP contribution in [0.2, 0.25) is 0 Å². The molecule has 3 heteroatoms. The first-order valence-corrected chi connectivity index (χ1v) is 7.04. The highest BCUT2D eigenvalue weighted by Gasteiger charge is 2.23. The fraction of sp³-hybridized carbons (Fsp3) is 0.357. The van der Waals surface area contributed by atoms with Gasteiger partial charge in [-0.05, 0) is 5.92 Å². The monoisotopic (exact) mass is 244 g/mol. The summed E-state index contributed by atoms with van der Waals surface area (Å²) in [5.74, 6) is 1.68. The van der Waals surface area contributed by atoms with E-state index in [1.54, 1.807) is 0 Å². The molecule has 0 saturated carbocycles. The minimum Gasteiger partial charge on any atom is -0.321 e. The Bertz CT molecular complexity index is 529. The van der Waals surface area contributed by atoms with Crippen molar-refractivity contribution in [3.8, 4) is 11.3 Å². The lowest BCUT2D eigenvalue weighted by Crippen LogP contribution is -2.03. The first-order chi connectivity index (χ1) is 8.27. The first kappa shape index (κ1) is 10.9. The summed E-state index contributed by atoms with van der Waals surface area (Å²) < 4.78 is 2.39. The minimum atomic E-state index is 0.519. The van der Waals surface area contributed by atoms with Crippen LogP contribution < -0.4 is 0 Å². The summed E-state index contributed by atoms with van der Waals surface area (Å²) in [6.45, 7) is 5.60. The van der Waals surface area contributed by atoms with Crippen LogP contribution in [0.25, 0.3) is 11.3 Å². The molecule has 0 aliphatic carbocycles. The molecule has 0 N–H and O–H groups in total. The van der Waals surface area contributed by atoms with Crippen LogP contribution in [0.1, 0.15) is 25.5 Å². The zero-order chi connectivity index (χ0) is 11.8. The van der Waals surface area contributed by atoms with Crippen molar-refractivity contribution >= 4 is 11.8 Å². The largest absolute Gasteiger partial charge is 0.321 e. The highest BCUT2D eigenvalue weighted by molar-refractivity contribution is 7.99. The zero-order valence-electron chi connectivity index (χ0n) is 10.2. The standard InChI is InChI=1S/C14H16N2S/c1-10(2)13-12(11-6-4-3-5-7-11)15-14-16(13)8-9-17-14/h3-7,10H,8-9H2,1-2H3. The zero-order valence-corrected chi connectivity index (χ0v) is 11.0. The van der Waals surface area contributed by atoms with E-state index in [4.69, 9.17) is 4.98 Å². The van der Waals surface area contributed by atoms with Crippen LogP contribution in [0.3, 0.4) is 0 Å². The van der Waals surface area contributed by atoms with Gasteiger partial charge in [-0.25, -0.2) is 4.98 Å². The van der Waals surface area contributed by atoms with Gasteiger partial charge in [0.15, 0.2) is 5.16 Å². The van der Waals surface area contributed by atoms with E-state index in [-0.39, 0.29) is 0 Å². The molecule has 2 heterocycles. The predicted octanol–water partition coefficient (Wildman–Crippen LogP) is 3.78. The third kappa shape index (κ3) is 1.78. The van der Waals surface area contributed by atoms with E-state index < -0.39 is 0 Å². The van der Waals surface area contributed by atoms with Gasteiger partial charge in [0.2, 0.25) is 0 Å². The molecule has 0 amide bonds. The molecule has 0 saturated heterocycles. The molecule has 1 aromatic heterocycles. The molecule has 0 unspecified atom stereocenters. The third-order valence-corrected chi connectivity index (χ3v) is 4.07. The molecular formula is C14H16N2S. The van der Waals surface area contributed by atoms with Gasteiger partial charge >= 0.3 is 0 Å². The number of thioether (sulfide) groups is 1. The van der Waals surface area contributed by atoms with Gasteiger partial charge in [-0.1, -0.05) is 55.9 Å². The van der Waals surface area contributed by atoms with Crippen LogP contribution in [0.5, 0.6) is 0 Å². The molecule has 0 atom stereocenters. The Morgan fingerprint density at radius 1 is 1.24 bits per heavy atom. The van der Waals surface area contributed by atoms with Crippen molar-refractivity contribution in [3.63, 3.8) is 0 Å². The van der Waals surface area contributed by atoms with E-state index >= 15 is 0 Å². The van der Waals surface area contributed by atoms with Crippen molar-refractivity contribution in [1.29, 1.82) is 0 Å². The Morgan fingerprint density at radius 3 is 2.71 bits per heavy atom. The molecule has 0 fully saturated rings. The maximum atomic E-state index is 4.81. The normalized spacial score (nSPS) is 14.3. The highest BCUT2D eigenvalue weighted by Crippen LogP contribution is 2.36. The molecule has 0 radical (unpaired) electrons. The number of rotatable bonds is 2. The SMILES string of the molecule is CC(C)c1c(-c2ccccc2)nc2n1CCS2. The van der Waals surface area contributed by atoms with E-state index in [1.807, 2.05) is 11.8 Å². The number of benzene rings is 1. The topological polar surface area (TPSA) is 17.8 Å². The summed E-state index contributed by atoms with van der Waals surface area (Å²) in [7, 11) is 0. The second-order valence-corrected chi connectivity index (χ2v) is 5.71. The molecule has 3 rings (SSSR count). The van der Waals surface area contributed by atoms with E-state index in [2.05, 4.69) is 48.7 Å². The number of imidazole rings is 1. The fourth-order valence-electron chi connectivity index (χ4n) is 2.39. The van der Waals surface area contributed by atoms with E-state index in [9.17, 15) is 0 Å². The Kier molecular flexibility index (Phi) is 2.71. The molecule has 88 valence electrons. The van der Waals surface area contributed by atoms with Gasteiger partial charge in [-0.3, -0.25) is 0 Å². The van der Waals surface area contributed by atoms with E-state index in [1.165, 1.54) is 22.1 Å². The van der Waals surface area contributed by atoms with Crippen molar-refractivity contribution in [3.05, 3.63) is 36.0 Å². The maximum Gasteiger partial charge on any atom is 0.168 e. The molecular weight excluding hydrogens is 228 g/mol. The lowest BCUT2D eigenvalue weighted by molar-refractivity contribution is 0.646. The van der Waals surface area contributed by atoms with Crippen LogP contribution >= 0.6 is 11.8 Å². The van der Waals surface area contributed by atoms with Crippen molar-refractivity contribution < 1.29 is 0 Å². The summed E-state index contributed by atoms with van der Waals surface area (Å²) >= 11 is 1.87. The van der Waals surface area contributed by atoms with Crippen LogP contribution in [-0.2, 0) is 6.54 Å². The molecule has 1 aliphatic heterocycles. The molecule has 0 spiro atoms. The lowest BCUT2D eigenvalue weighted by atomic mass is 10.0. The molecule has 2 nitrogen and oxygen atoms in total. The number of aromatic nitrogens is 2. The van der Waals surface area contributed by atoms with Crippen molar-refractivity contribution in [2.24, 2.45) is 0 Å². The van der Waals surface area contributed by atoms with Gasteiger partial charge in [-0.2, -0.15) is 0 Å². The molecule has 1 aromatic carbocycles. The van der Waals surface area contributed by atoms with Gasteiger partial charge in [-0.15, -0.1) is 0 Å². The quantitative estimate of drug-likeness (QED) is 0.800. The summed E-state index contributed by atoms with van der Waals surface area (Å²) in [4.78, 5) is 4.81. The van der Waals surface area contributed by atoms with Crippen molar-refractivity contribution in [2.75, 3.05) is 5.75 Å². The Balaban J connectivity index is 2.18. The van der Waals surface area contributed by atoms with Gasteiger partial charge in [0.25, 0.3) is 0 Å². The molecule has 2 aromatic rings. The van der Waals surface area contributed by atoms with E-state index in [0.717, 1.165) is 12.3 Å². The van der Waals surface area contributed by atoms with Crippen LogP contribution in [0.4, 0.5) is 0 Å². The Labute approximate surface area is 106 Å². The summed E-state index contributed by atoms with van der Waals surface area (Å²) in [6, 6.07) is 10.5. The Hall–Kier alpha value is -1.22. The van der Waals surface area contributed by atoms with Crippen LogP contribution in [0, 0.1) is 0 Å². The average Bonchev–Trinajstić information content (AvgIpc) is 2.88. The summed E-state index contributed by atoms with van der Waals surface area (Å²) in [5.41, 5.74) is 3.79. The molecule has 1 aliphatic rings. The number of fused-ring (bicyclic) bond motifs is 1. The first-order valence-electron chi connectivity index (χ1n) is 6.06. The average molecular weight is 244 g/mol.